The average Bonchev–Trinajstić information content (AvgIpc) is 3.23. The molecule has 2 aliphatic rings. The van der Waals surface area contributed by atoms with E-state index in [-0.39, 0.29) is 17.7 Å². The summed E-state index contributed by atoms with van der Waals surface area (Å²) in [7, 11) is 1.67. The lowest BCUT2D eigenvalue weighted by Crippen LogP contribution is -2.34. The number of carbonyl (C=O) groups is 2. The lowest BCUT2D eigenvalue weighted by atomic mass is 10.2. The molecule has 0 radical (unpaired) electrons. The molecule has 0 unspecified atom stereocenters. The van der Waals surface area contributed by atoms with E-state index in [2.05, 4.69) is 16.9 Å². The van der Waals surface area contributed by atoms with Gasteiger partial charge in [-0.1, -0.05) is 20.8 Å². The number of amides is 1. The summed E-state index contributed by atoms with van der Waals surface area (Å²) >= 11 is 0. The zero-order chi connectivity index (χ0) is 22.1. The Morgan fingerprint density at radius 2 is 2.06 bits per heavy atom. The Morgan fingerprint density at radius 1 is 1.26 bits per heavy atom. The highest BCUT2D eigenvalue weighted by Gasteiger charge is 2.27. The second kappa shape index (κ2) is 8.53. The molecular formula is C23H29N5O3. The smallest absolute Gasteiger partial charge is 0.255 e. The summed E-state index contributed by atoms with van der Waals surface area (Å²) in [5.41, 5.74) is 2.00. The molecule has 0 aromatic carbocycles. The van der Waals surface area contributed by atoms with Crippen molar-refractivity contribution in [1.29, 1.82) is 0 Å². The molecule has 0 aliphatic carbocycles. The van der Waals surface area contributed by atoms with Crippen molar-refractivity contribution >= 4 is 23.3 Å². The fraction of sp³-hybridized carbons (Fsp3) is 0.478. The summed E-state index contributed by atoms with van der Waals surface area (Å²) < 4.78 is 7.41. The fourth-order valence-corrected chi connectivity index (χ4v) is 4.05. The van der Waals surface area contributed by atoms with Gasteiger partial charge in [0, 0.05) is 50.2 Å². The van der Waals surface area contributed by atoms with Gasteiger partial charge in [-0.3, -0.25) is 19.1 Å². The normalized spacial score (nSPS) is 18.9. The van der Waals surface area contributed by atoms with E-state index < -0.39 is 0 Å². The van der Waals surface area contributed by atoms with E-state index in [1.165, 1.54) is 0 Å². The Morgan fingerprint density at radius 3 is 2.74 bits per heavy atom. The Labute approximate surface area is 182 Å². The minimum absolute atomic E-state index is 0.000364. The van der Waals surface area contributed by atoms with Gasteiger partial charge in [0.1, 0.15) is 12.1 Å². The standard InChI is InChI=1S/C23H29N5O3/c1-15(2)22(29)28-8-6-18(12-20(28)24-4)27-9-10-31-19-11-17(13-25-21(19)27)23(30)26-7-5-16(3)14-26/h6,8,11-13,15-16H,5,7,9-10,14H2,1-4H3/t16-/m1/s1. The molecule has 0 spiro atoms. The van der Waals surface area contributed by atoms with Gasteiger partial charge >= 0.3 is 0 Å². The van der Waals surface area contributed by atoms with Crippen LogP contribution in [0.1, 0.15) is 42.3 Å². The molecule has 0 saturated carbocycles. The first-order chi connectivity index (χ1) is 14.9. The number of pyridine rings is 2. The second-order valence-electron chi connectivity index (χ2n) is 8.52. The average molecular weight is 424 g/mol. The summed E-state index contributed by atoms with van der Waals surface area (Å²) in [6.45, 7) is 8.55. The van der Waals surface area contributed by atoms with E-state index in [0.29, 0.717) is 41.7 Å². The van der Waals surface area contributed by atoms with Gasteiger partial charge < -0.3 is 14.5 Å². The molecule has 1 saturated heterocycles. The number of carbonyl (C=O) groups excluding carboxylic acids is 2. The molecule has 0 bridgehead atoms. The van der Waals surface area contributed by atoms with Crippen molar-refractivity contribution in [2.24, 2.45) is 16.8 Å². The third kappa shape index (κ3) is 4.06. The number of likely N-dealkylation sites (tertiary alicyclic amines) is 1. The summed E-state index contributed by atoms with van der Waals surface area (Å²) in [6, 6.07) is 5.55. The minimum atomic E-state index is -0.128. The van der Waals surface area contributed by atoms with Crippen molar-refractivity contribution in [2.45, 2.75) is 27.2 Å². The van der Waals surface area contributed by atoms with Crippen LogP contribution >= 0.6 is 0 Å². The first-order valence-corrected chi connectivity index (χ1v) is 10.8. The SMILES string of the molecule is CN=c1cc(N2CCOc3cc(C(=O)N4CC[C@@H](C)C4)cnc32)ccn1C(=O)C(C)C. The highest BCUT2D eigenvalue weighted by atomic mass is 16.5. The van der Waals surface area contributed by atoms with Gasteiger partial charge in [0.25, 0.3) is 5.91 Å². The molecule has 1 atom stereocenters. The Bertz CT molecular complexity index is 1080. The number of aromatic nitrogens is 2. The van der Waals surface area contributed by atoms with Crippen LogP contribution in [0, 0.1) is 11.8 Å². The quantitative estimate of drug-likeness (QED) is 0.758. The third-order valence-electron chi connectivity index (χ3n) is 5.81. The Hall–Kier alpha value is -3.16. The van der Waals surface area contributed by atoms with E-state index in [4.69, 9.17) is 4.74 Å². The molecule has 31 heavy (non-hydrogen) atoms. The summed E-state index contributed by atoms with van der Waals surface area (Å²) in [4.78, 5) is 38.1. The Balaban J connectivity index is 1.64. The molecule has 1 fully saturated rings. The van der Waals surface area contributed by atoms with Crippen LogP contribution < -0.4 is 15.1 Å². The summed E-state index contributed by atoms with van der Waals surface area (Å²) in [6.07, 6.45) is 4.41. The van der Waals surface area contributed by atoms with Gasteiger partial charge in [-0.15, -0.1) is 0 Å². The van der Waals surface area contributed by atoms with Crippen molar-refractivity contribution in [1.82, 2.24) is 14.5 Å². The number of ether oxygens (including phenoxy) is 1. The van der Waals surface area contributed by atoms with E-state index in [0.717, 1.165) is 25.2 Å². The molecule has 0 N–H and O–H groups in total. The fourth-order valence-electron chi connectivity index (χ4n) is 4.05. The zero-order valence-corrected chi connectivity index (χ0v) is 18.5. The molecule has 4 heterocycles. The highest BCUT2D eigenvalue weighted by Crippen LogP contribution is 2.35. The maximum atomic E-state index is 12.8. The van der Waals surface area contributed by atoms with Crippen molar-refractivity contribution in [3.8, 4) is 5.75 Å². The van der Waals surface area contributed by atoms with Gasteiger partial charge in [-0.05, 0) is 24.5 Å². The zero-order valence-electron chi connectivity index (χ0n) is 18.5. The van der Waals surface area contributed by atoms with Crippen molar-refractivity contribution in [2.75, 3.05) is 38.2 Å². The van der Waals surface area contributed by atoms with Crippen molar-refractivity contribution in [3.05, 3.63) is 41.6 Å². The largest absolute Gasteiger partial charge is 0.488 e. The van der Waals surface area contributed by atoms with Gasteiger partial charge in [0.2, 0.25) is 5.91 Å². The van der Waals surface area contributed by atoms with Crippen molar-refractivity contribution < 1.29 is 14.3 Å². The number of anilines is 2. The van der Waals surface area contributed by atoms with Crippen LogP contribution in [-0.2, 0) is 0 Å². The summed E-state index contributed by atoms with van der Waals surface area (Å²) in [5.74, 6) is 1.65. The van der Waals surface area contributed by atoms with Crippen LogP contribution in [0.15, 0.2) is 35.6 Å². The lowest BCUT2D eigenvalue weighted by molar-refractivity contribution is 0.0786. The van der Waals surface area contributed by atoms with E-state index >= 15 is 0 Å². The number of rotatable bonds is 3. The molecule has 2 aliphatic heterocycles. The van der Waals surface area contributed by atoms with Crippen LogP contribution in [0.3, 0.4) is 0 Å². The van der Waals surface area contributed by atoms with Gasteiger partial charge in [-0.25, -0.2) is 4.98 Å². The first-order valence-electron chi connectivity index (χ1n) is 10.8. The number of hydrogen-bond donors (Lipinski definition) is 0. The molecule has 8 nitrogen and oxygen atoms in total. The predicted octanol–water partition coefficient (Wildman–Crippen LogP) is 2.72. The van der Waals surface area contributed by atoms with Gasteiger partial charge in [-0.2, -0.15) is 0 Å². The summed E-state index contributed by atoms with van der Waals surface area (Å²) in [5, 5.41) is 0. The maximum absolute atomic E-state index is 12.8. The van der Waals surface area contributed by atoms with Crippen LogP contribution in [0.4, 0.5) is 11.5 Å². The molecule has 164 valence electrons. The topological polar surface area (TPSA) is 80.0 Å². The molecule has 1 amide bonds. The van der Waals surface area contributed by atoms with Gasteiger partial charge in [0.05, 0.1) is 12.1 Å². The Kier molecular flexibility index (Phi) is 5.80. The predicted molar refractivity (Wildman–Crippen MR) is 118 cm³/mol. The number of hydrogen-bond acceptors (Lipinski definition) is 6. The third-order valence-corrected chi connectivity index (χ3v) is 5.81. The van der Waals surface area contributed by atoms with Crippen molar-refractivity contribution in [3.63, 3.8) is 0 Å². The first kappa shape index (κ1) is 21.1. The van der Waals surface area contributed by atoms with Crippen LogP contribution in [0.2, 0.25) is 0 Å². The van der Waals surface area contributed by atoms with E-state index in [9.17, 15) is 9.59 Å². The molecule has 2 aromatic rings. The van der Waals surface area contributed by atoms with E-state index in [1.807, 2.05) is 35.8 Å². The van der Waals surface area contributed by atoms with Crippen LogP contribution in [0.25, 0.3) is 0 Å². The maximum Gasteiger partial charge on any atom is 0.255 e. The second-order valence-corrected chi connectivity index (χ2v) is 8.52. The monoisotopic (exact) mass is 423 g/mol. The van der Waals surface area contributed by atoms with Gasteiger partial charge in [0.15, 0.2) is 11.6 Å². The van der Waals surface area contributed by atoms with Crippen LogP contribution in [-0.4, -0.2) is 59.6 Å². The molecule has 8 heteroatoms. The molecular weight excluding hydrogens is 394 g/mol. The molecule has 2 aromatic heterocycles. The number of nitrogens with zero attached hydrogens (tertiary/aromatic N) is 5. The van der Waals surface area contributed by atoms with E-state index in [1.54, 1.807) is 30.1 Å². The lowest BCUT2D eigenvalue weighted by Gasteiger charge is -2.30. The highest BCUT2D eigenvalue weighted by molar-refractivity contribution is 5.95. The number of fused-ring (bicyclic) bond motifs is 1. The molecule has 4 rings (SSSR count). The van der Waals surface area contributed by atoms with Crippen LogP contribution in [0.5, 0.6) is 5.75 Å². The minimum Gasteiger partial charge on any atom is -0.488 e.